The summed E-state index contributed by atoms with van der Waals surface area (Å²) in [4.78, 5) is 0. The molecule has 1 rings (SSSR count). The molecule has 0 saturated heterocycles. The number of benzene rings is 1. The molecule has 0 aliphatic carbocycles. The van der Waals surface area contributed by atoms with E-state index in [-0.39, 0.29) is 11.5 Å². The van der Waals surface area contributed by atoms with E-state index in [0.29, 0.717) is 6.42 Å². The molecular weight excluding hydrogens is 246 g/mol. The Morgan fingerprint density at radius 2 is 1.89 bits per heavy atom. The van der Waals surface area contributed by atoms with Crippen molar-refractivity contribution < 1.29 is 17.6 Å². The SMILES string of the molecule is CCC(C)CC(N)c1cccc(C(F)(F)F)c1F. The molecule has 0 fully saturated rings. The van der Waals surface area contributed by atoms with Gasteiger partial charge in [-0.25, -0.2) is 4.39 Å². The van der Waals surface area contributed by atoms with Crippen molar-refractivity contribution in [1.29, 1.82) is 0 Å². The average molecular weight is 263 g/mol. The molecule has 1 nitrogen and oxygen atoms in total. The van der Waals surface area contributed by atoms with E-state index in [2.05, 4.69) is 0 Å². The monoisotopic (exact) mass is 263 g/mol. The number of halogens is 4. The van der Waals surface area contributed by atoms with Crippen molar-refractivity contribution in [2.45, 2.75) is 38.9 Å². The largest absolute Gasteiger partial charge is 0.419 e. The van der Waals surface area contributed by atoms with Gasteiger partial charge in [-0.15, -0.1) is 0 Å². The topological polar surface area (TPSA) is 26.0 Å². The van der Waals surface area contributed by atoms with Crippen LogP contribution in [-0.2, 0) is 6.18 Å². The van der Waals surface area contributed by atoms with Gasteiger partial charge in [0.15, 0.2) is 0 Å². The summed E-state index contributed by atoms with van der Waals surface area (Å²) in [5, 5.41) is 0. The minimum atomic E-state index is -4.68. The van der Waals surface area contributed by atoms with Crippen molar-refractivity contribution in [2.24, 2.45) is 11.7 Å². The number of alkyl halides is 3. The summed E-state index contributed by atoms with van der Waals surface area (Å²) in [7, 11) is 0. The van der Waals surface area contributed by atoms with Gasteiger partial charge in [-0.1, -0.05) is 32.4 Å². The van der Waals surface area contributed by atoms with Crippen molar-refractivity contribution in [3.8, 4) is 0 Å². The van der Waals surface area contributed by atoms with Crippen LogP contribution < -0.4 is 5.73 Å². The van der Waals surface area contributed by atoms with E-state index >= 15 is 0 Å². The van der Waals surface area contributed by atoms with Crippen LogP contribution in [-0.4, -0.2) is 0 Å². The Morgan fingerprint density at radius 1 is 1.28 bits per heavy atom. The van der Waals surface area contributed by atoms with Gasteiger partial charge in [0.25, 0.3) is 0 Å². The van der Waals surface area contributed by atoms with Crippen molar-refractivity contribution in [3.05, 3.63) is 35.1 Å². The lowest BCUT2D eigenvalue weighted by atomic mass is 9.93. The zero-order chi connectivity index (χ0) is 13.9. The first-order valence-corrected chi connectivity index (χ1v) is 5.88. The van der Waals surface area contributed by atoms with Crippen molar-refractivity contribution in [3.63, 3.8) is 0 Å². The van der Waals surface area contributed by atoms with Crippen molar-refractivity contribution in [2.75, 3.05) is 0 Å². The summed E-state index contributed by atoms with van der Waals surface area (Å²) < 4.78 is 51.4. The van der Waals surface area contributed by atoms with Gasteiger partial charge >= 0.3 is 6.18 Å². The zero-order valence-corrected chi connectivity index (χ0v) is 10.4. The van der Waals surface area contributed by atoms with Crippen LogP contribution in [0.5, 0.6) is 0 Å². The highest BCUT2D eigenvalue weighted by atomic mass is 19.4. The fraction of sp³-hybridized carbons (Fsp3) is 0.538. The summed E-state index contributed by atoms with van der Waals surface area (Å²) >= 11 is 0. The van der Waals surface area contributed by atoms with Crippen LogP contribution in [0.2, 0.25) is 0 Å². The first-order chi connectivity index (χ1) is 8.27. The van der Waals surface area contributed by atoms with E-state index in [9.17, 15) is 17.6 Å². The molecule has 0 bridgehead atoms. The minimum Gasteiger partial charge on any atom is -0.324 e. The number of hydrogen-bond acceptors (Lipinski definition) is 1. The maximum Gasteiger partial charge on any atom is 0.419 e. The first kappa shape index (κ1) is 15.0. The Balaban J connectivity index is 3.04. The maximum absolute atomic E-state index is 13.8. The third-order valence-electron chi connectivity index (χ3n) is 3.09. The molecule has 18 heavy (non-hydrogen) atoms. The lowest BCUT2D eigenvalue weighted by Gasteiger charge is -2.18. The van der Waals surface area contributed by atoms with Gasteiger partial charge < -0.3 is 5.73 Å². The normalized spacial score (nSPS) is 15.5. The Kier molecular flexibility index (Phi) is 4.73. The molecule has 102 valence electrons. The summed E-state index contributed by atoms with van der Waals surface area (Å²) in [6.45, 7) is 3.89. The van der Waals surface area contributed by atoms with Crippen LogP contribution in [0.3, 0.4) is 0 Å². The van der Waals surface area contributed by atoms with E-state index in [1.807, 2.05) is 13.8 Å². The van der Waals surface area contributed by atoms with Gasteiger partial charge in [0.05, 0.1) is 5.56 Å². The van der Waals surface area contributed by atoms with E-state index < -0.39 is 23.6 Å². The van der Waals surface area contributed by atoms with Crippen LogP contribution in [0.4, 0.5) is 17.6 Å². The van der Waals surface area contributed by atoms with Crippen molar-refractivity contribution in [1.82, 2.24) is 0 Å². The van der Waals surface area contributed by atoms with Crippen molar-refractivity contribution >= 4 is 0 Å². The molecule has 0 aliphatic heterocycles. The van der Waals surface area contributed by atoms with Crippen LogP contribution in [0.1, 0.15) is 43.9 Å². The van der Waals surface area contributed by atoms with Crippen LogP contribution in [0.25, 0.3) is 0 Å². The third kappa shape index (κ3) is 3.45. The van der Waals surface area contributed by atoms with Gasteiger partial charge in [-0.05, 0) is 18.4 Å². The van der Waals surface area contributed by atoms with Crippen LogP contribution in [0.15, 0.2) is 18.2 Å². The van der Waals surface area contributed by atoms with Crippen LogP contribution >= 0.6 is 0 Å². The van der Waals surface area contributed by atoms with E-state index in [1.165, 1.54) is 12.1 Å². The molecule has 1 aromatic carbocycles. The summed E-state index contributed by atoms with van der Waals surface area (Å²) in [6, 6.07) is 2.53. The molecule has 0 aliphatic rings. The molecule has 0 saturated carbocycles. The third-order valence-corrected chi connectivity index (χ3v) is 3.09. The summed E-state index contributed by atoms with van der Waals surface area (Å²) in [6.07, 6.45) is -3.36. The maximum atomic E-state index is 13.8. The molecule has 0 aromatic heterocycles. The van der Waals surface area contributed by atoms with Gasteiger partial charge in [0, 0.05) is 11.6 Å². The zero-order valence-electron chi connectivity index (χ0n) is 10.4. The Labute approximate surface area is 104 Å². The molecule has 2 N–H and O–H groups in total. The second kappa shape index (κ2) is 5.69. The highest BCUT2D eigenvalue weighted by molar-refractivity contribution is 5.30. The highest BCUT2D eigenvalue weighted by Gasteiger charge is 2.35. The molecule has 1 aromatic rings. The van der Waals surface area contributed by atoms with Gasteiger partial charge in [-0.3, -0.25) is 0 Å². The quantitative estimate of drug-likeness (QED) is 0.806. The fourth-order valence-electron chi connectivity index (χ4n) is 1.78. The first-order valence-electron chi connectivity index (χ1n) is 5.88. The van der Waals surface area contributed by atoms with Crippen LogP contribution in [0, 0.1) is 11.7 Å². The predicted octanol–water partition coefficient (Wildman–Crippen LogP) is 4.28. The average Bonchev–Trinajstić information content (AvgIpc) is 2.27. The predicted molar refractivity (Wildman–Crippen MR) is 62.4 cm³/mol. The second-order valence-corrected chi connectivity index (χ2v) is 4.56. The molecule has 2 atom stereocenters. The summed E-state index contributed by atoms with van der Waals surface area (Å²) in [5.41, 5.74) is 4.46. The lowest BCUT2D eigenvalue weighted by Crippen LogP contribution is -2.18. The molecule has 5 heteroatoms. The minimum absolute atomic E-state index is 0.0647. The number of hydrogen-bond donors (Lipinski definition) is 1. The highest BCUT2D eigenvalue weighted by Crippen LogP contribution is 2.34. The standard InChI is InChI=1S/C13H17F4N/c1-3-8(2)7-11(18)9-5-4-6-10(12(9)14)13(15,16)17/h4-6,8,11H,3,7,18H2,1-2H3. The van der Waals surface area contributed by atoms with Gasteiger partial charge in [0.1, 0.15) is 5.82 Å². The van der Waals surface area contributed by atoms with E-state index in [4.69, 9.17) is 5.73 Å². The fourth-order valence-corrected chi connectivity index (χ4v) is 1.78. The lowest BCUT2D eigenvalue weighted by molar-refractivity contribution is -0.140. The molecular formula is C13H17F4N. The molecule has 0 amide bonds. The Bertz CT molecular complexity index is 400. The molecule has 0 spiro atoms. The Hall–Kier alpha value is -1.10. The Morgan fingerprint density at radius 3 is 2.39 bits per heavy atom. The summed E-state index contributed by atoms with van der Waals surface area (Å²) in [5.74, 6) is -1.00. The molecule has 0 heterocycles. The number of rotatable bonds is 4. The smallest absolute Gasteiger partial charge is 0.324 e. The van der Waals surface area contributed by atoms with Gasteiger partial charge in [-0.2, -0.15) is 13.2 Å². The molecule has 2 unspecified atom stereocenters. The van der Waals surface area contributed by atoms with E-state index in [0.717, 1.165) is 12.5 Å². The second-order valence-electron chi connectivity index (χ2n) is 4.56. The number of nitrogens with two attached hydrogens (primary N) is 1. The molecule has 0 radical (unpaired) electrons. The van der Waals surface area contributed by atoms with E-state index in [1.54, 1.807) is 0 Å². The van der Waals surface area contributed by atoms with Gasteiger partial charge in [0.2, 0.25) is 0 Å².